The van der Waals surface area contributed by atoms with E-state index >= 15 is 0 Å². The topological polar surface area (TPSA) is 20.2 Å². The second-order valence-electron chi connectivity index (χ2n) is 2.07. The van der Waals surface area contributed by atoms with E-state index in [4.69, 9.17) is 5.11 Å². The number of halogens is 6. The maximum atomic E-state index is 11.9. The molecule has 11 heavy (non-hydrogen) atoms. The van der Waals surface area contributed by atoms with Crippen LogP contribution < -0.4 is 0 Å². The lowest BCUT2D eigenvalue weighted by molar-refractivity contribution is -0.205. The van der Waals surface area contributed by atoms with Crippen molar-refractivity contribution in [2.45, 2.75) is 23.3 Å². The van der Waals surface area contributed by atoms with Crippen LogP contribution in [0.2, 0.25) is 0 Å². The van der Waals surface area contributed by atoms with Crippen molar-refractivity contribution in [3.63, 3.8) is 0 Å². The highest BCUT2D eigenvalue weighted by atomic mass is 35.5. The van der Waals surface area contributed by atoms with E-state index in [0.29, 0.717) is 0 Å². The first-order chi connectivity index (χ1) is 4.50. The van der Waals surface area contributed by atoms with Gasteiger partial charge in [-0.1, -0.05) is 0 Å². The molecule has 0 atom stereocenters. The van der Waals surface area contributed by atoms with Crippen molar-refractivity contribution in [3.8, 4) is 0 Å². The number of rotatable bonds is 2. The van der Waals surface area contributed by atoms with E-state index in [2.05, 4.69) is 23.2 Å². The van der Waals surface area contributed by atoms with Crippen molar-refractivity contribution in [2.24, 2.45) is 0 Å². The van der Waals surface area contributed by atoms with Crippen LogP contribution in [0.3, 0.4) is 0 Å². The monoisotopic (exact) mass is 214 g/mol. The van der Waals surface area contributed by atoms with E-state index in [-0.39, 0.29) is 6.92 Å². The Balaban J connectivity index is 4.75. The van der Waals surface area contributed by atoms with E-state index in [9.17, 15) is 17.6 Å². The molecule has 0 aliphatic heterocycles. The fraction of sp³-hybridized carbons (Fsp3) is 1.00. The molecule has 0 saturated heterocycles. The van der Waals surface area contributed by atoms with Gasteiger partial charge in [0, 0.05) is 0 Å². The van der Waals surface area contributed by atoms with Crippen molar-refractivity contribution < 1.29 is 22.7 Å². The number of hydrogen-bond donors (Lipinski definition) is 1. The van der Waals surface area contributed by atoms with Crippen molar-refractivity contribution in [2.75, 3.05) is 0 Å². The van der Waals surface area contributed by atoms with Crippen molar-refractivity contribution in [1.29, 1.82) is 0 Å². The van der Waals surface area contributed by atoms with Gasteiger partial charge in [0.25, 0.3) is 0 Å². The summed E-state index contributed by atoms with van der Waals surface area (Å²) in [5, 5.41) is -0.524. The first-order valence-corrected chi connectivity index (χ1v) is 3.11. The number of aliphatic hydroxyl groups is 1. The second-order valence-corrected chi connectivity index (χ2v) is 3.02. The molecule has 0 amide bonds. The Labute approximate surface area is 69.9 Å². The number of hydrogen-bond acceptors (Lipinski definition) is 1. The van der Waals surface area contributed by atoms with Gasteiger partial charge in [-0.05, 0) is 30.1 Å². The van der Waals surface area contributed by atoms with Crippen LogP contribution in [0, 0.1) is 0 Å². The maximum absolute atomic E-state index is 11.9. The normalized spacial score (nSPS) is 15.3. The van der Waals surface area contributed by atoms with Crippen LogP contribution in [0.1, 0.15) is 6.92 Å². The standard InChI is InChI=1S/C4H4Cl2F4O/c1-2(11,3(5,7)8)4(6,9)10/h11H,1H3. The van der Waals surface area contributed by atoms with Crippen LogP contribution in [0.25, 0.3) is 0 Å². The lowest BCUT2D eigenvalue weighted by Crippen LogP contribution is -2.53. The van der Waals surface area contributed by atoms with E-state index in [1.807, 2.05) is 0 Å². The summed E-state index contributed by atoms with van der Waals surface area (Å²) in [6.45, 7) is 0.146. The van der Waals surface area contributed by atoms with Crippen LogP contribution in [-0.2, 0) is 0 Å². The van der Waals surface area contributed by atoms with Crippen molar-refractivity contribution >= 4 is 23.2 Å². The zero-order valence-electron chi connectivity index (χ0n) is 5.22. The average Bonchev–Trinajstić information content (AvgIpc) is 1.58. The average molecular weight is 215 g/mol. The molecule has 1 N–H and O–H groups in total. The minimum Gasteiger partial charge on any atom is -0.376 e. The third-order valence-electron chi connectivity index (χ3n) is 1.10. The van der Waals surface area contributed by atoms with E-state index in [1.54, 1.807) is 0 Å². The van der Waals surface area contributed by atoms with Crippen LogP contribution in [0.5, 0.6) is 0 Å². The van der Waals surface area contributed by atoms with Gasteiger partial charge in [-0.25, -0.2) is 0 Å². The molecule has 0 aliphatic carbocycles. The minimum absolute atomic E-state index is 0.146. The Morgan fingerprint density at radius 2 is 1.18 bits per heavy atom. The molecule has 0 heterocycles. The third kappa shape index (κ3) is 2.10. The molecular formula is C4H4Cl2F4O. The van der Waals surface area contributed by atoms with Gasteiger partial charge >= 0.3 is 10.8 Å². The largest absolute Gasteiger partial charge is 0.376 e. The Morgan fingerprint density at radius 1 is 1.00 bits per heavy atom. The summed E-state index contributed by atoms with van der Waals surface area (Å²) in [7, 11) is 0. The van der Waals surface area contributed by atoms with Crippen molar-refractivity contribution in [1.82, 2.24) is 0 Å². The molecule has 1 nitrogen and oxygen atoms in total. The summed E-state index contributed by atoms with van der Waals surface area (Å²) in [5.41, 5.74) is -3.76. The van der Waals surface area contributed by atoms with Gasteiger partial charge < -0.3 is 5.11 Å². The van der Waals surface area contributed by atoms with Gasteiger partial charge in [-0.2, -0.15) is 17.6 Å². The third-order valence-corrected chi connectivity index (χ3v) is 1.84. The molecule has 0 fully saturated rings. The predicted molar refractivity (Wildman–Crippen MR) is 32.2 cm³/mol. The molecule has 0 radical (unpaired) electrons. The Hall–Kier alpha value is 0.260. The Bertz CT molecular complexity index is 131. The molecule has 0 bridgehead atoms. The van der Waals surface area contributed by atoms with Crippen LogP contribution >= 0.6 is 23.2 Å². The van der Waals surface area contributed by atoms with Gasteiger partial charge in [0.1, 0.15) is 0 Å². The quantitative estimate of drug-likeness (QED) is 0.553. The van der Waals surface area contributed by atoms with Gasteiger partial charge in [0.05, 0.1) is 0 Å². The lowest BCUT2D eigenvalue weighted by Gasteiger charge is -2.30. The SMILES string of the molecule is CC(O)(C(F)(F)Cl)C(F)(F)Cl. The molecule has 7 heteroatoms. The summed E-state index contributed by atoms with van der Waals surface area (Å²) >= 11 is 8.32. The van der Waals surface area contributed by atoms with Crippen LogP contribution in [-0.4, -0.2) is 21.5 Å². The summed E-state index contributed by atoms with van der Waals surface area (Å²) in [5.74, 6) is 0. The molecule has 68 valence electrons. The highest BCUT2D eigenvalue weighted by Crippen LogP contribution is 2.45. The molecular weight excluding hydrogens is 211 g/mol. The van der Waals surface area contributed by atoms with Crippen LogP contribution in [0.4, 0.5) is 17.6 Å². The first-order valence-electron chi connectivity index (χ1n) is 2.36. The molecule has 0 aromatic rings. The van der Waals surface area contributed by atoms with E-state index < -0.39 is 16.4 Å². The highest BCUT2D eigenvalue weighted by molar-refractivity contribution is 6.26. The zero-order chi connectivity index (χ0) is 9.50. The minimum atomic E-state index is -4.47. The first kappa shape index (κ1) is 11.3. The number of alkyl halides is 6. The fourth-order valence-electron chi connectivity index (χ4n) is 0.161. The Kier molecular flexibility index (Phi) is 2.70. The molecule has 0 rings (SSSR count). The molecule has 0 saturated carbocycles. The molecule has 0 aromatic carbocycles. The molecule has 0 unspecified atom stereocenters. The van der Waals surface area contributed by atoms with Gasteiger partial charge in [0.2, 0.25) is 5.60 Å². The van der Waals surface area contributed by atoms with E-state index in [1.165, 1.54) is 0 Å². The van der Waals surface area contributed by atoms with E-state index in [0.717, 1.165) is 0 Å². The summed E-state index contributed by atoms with van der Waals surface area (Å²) in [6, 6.07) is 0. The fourth-order valence-corrected chi connectivity index (χ4v) is 0.446. The zero-order valence-corrected chi connectivity index (χ0v) is 6.73. The van der Waals surface area contributed by atoms with Gasteiger partial charge in [-0.3, -0.25) is 0 Å². The second kappa shape index (κ2) is 2.64. The molecule has 0 spiro atoms. The highest BCUT2D eigenvalue weighted by Gasteiger charge is 2.63. The molecule has 0 aromatic heterocycles. The van der Waals surface area contributed by atoms with Gasteiger partial charge in [0.15, 0.2) is 0 Å². The van der Waals surface area contributed by atoms with Gasteiger partial charge in [-0.15, -0.1) is 0 Å². The summed E-state index contributed by atoms with van der Waals surface area (Å²) < 4.78 is 47.8. The molecule has 0 aliphatic rings. The predicted octanol–water partition coefficient (Wildman–Crippen LogP) is 2.40. The van der Waals surface area contributed by atoms with Crippen molar-refractivity contribution in [3.05, 3.63) is 0 Å². The lowest BCUT2D eigenvalue weighted by atomic mass is 10.1. The summed E-state index contributed by atoms with van der Waals surface area (Å²) in [6.07, 6.45) is 0. The van der Waals surface area contributed by atoms with Crippen LogP contribution in [0.15, 0.2) is 0 Å². The smallest absolute Gasteiger partial charge is 0.356 e. The Morgan fingerprint density at radius 3 is 1.18 bits per heavy atom. The summed E-state index contributed by atoms with van der Waals surface area (Å²) in [4.78, 5) is 0. The maximum Gasteiger partial charge on any atom is 0.356 e.